The zero-order chi connectivity index (χ0) is 11.1. The van der Waals surface area contributed by atoms with Gasteiger partial charge in [0.1, 0.15) is 21.3 Å². The zero-order valence-electron chi connectivity index (χ0n) is 8.02. The molecule has 3 aromatic rings. The van der Waals surface area contributed by atoms with Crippen LogP contribution in [0.3, 0.4) is 0 Å². The van der Waals surface area contributed by atoms with E-state index in [1.165, 1.54) is 11.3 Å². The molecule has 3 aromatic heterocycles. The smallest absolute Gasteiger partial charge is 0.266 e. The van der Waals surface area contributed by atoms with Crippen LogP contribution in [0.4, 0.5) is 0 Å². The highest BCUT2D eigenvalue weighted by atomic mass is 32.1. The van der Waals surface area contributed by atoms with Crippen LogP contribution in [0.15, 0.2) is 29.2 Å². The van der Waals surface area contributed by atoms with E-state index in [-0.39, 0.29) is 11.1 Å². The molecule has 0 unspecified atom stereocenters. The number of pyridine rings is 2. The molecule has 76 valence electrons. The molecule has 0 radical (unpaired) electrons. The summed E-state index contributed by atoms with van der Waals surface area (Å²) in [6.07, 6.45) is 1.71. The lowest BCUT2D eigenvalue weighted by Crippen LogP contribution is -2.08. The van der Waals surface area contributed by atoms with E-state index in [4.69, 9.17) is 5.26 Å². The molecule has 3 heterocycles. The van der Waals surface area contributed by atoms with Gasteiger partial charge >= 0.3 is 0 Å². The molecule has 0 spiro atoms. The molecule has 0 aliphatic heterocycles. The van der Waals surface area contributed by atoms with E-state index in [0.29, 0.717) is 0 Å². The molecule has 0 saturated heterocycles. The van der Waals surface area contributed by atoms with Crippen molar-refractivity contribution < 1.29 is 0 Å². The fourth-order valence-electron chi connectivity index (χ4n) is 1.65. The number of aromatic amines is 1. The summed E-state index contributed by atoms with van der Waals surface area (Å²) in [7, 11) is 0. The molecule has 5 heteroatoms. The van der Waals surface area contributed by atoms with E-state index < -0.39 is 0 Å². The lowest BCUT2D eigenvalue weighted by Gasteiger charge is -1.91. The fourth-order valence-corrected chi connectivity index (χ4v) is 2.67. The van der Waals surface area contributed by atoms with Gasteiger partial charge in [-0.05, 0) is 18.2 Å². The van der Waals surface area contributed by atoms with E-state index in [0.717, 1.165) is 20.4 Å². The number of aromatic nitrogens is 2. The molecule has 4 nitrogen and oxygen atoms in total. The maximum absolute atomic E-state index is 11.4. The van der Waals surface area contributed by atoms with Crippen LogP contribution in [0.5, 0.6) is 0 Å². The summed E-state index contributed by atoms with van der Waals surface area (Å²) in [6.45, 7) is 0. The number of nitriles is 1. The summed E-state index contributed by atoms with van der Waals surface area (Å²) >= 11 is 1.42. The van der Waals surface area contributed by atoms with E-state index >= 15 is 0 Å². The molecular formula is C11H5N3OS. The summed E-state index contributed by atoms with van der Waals surface area (Å²) in [4.78, 5) is 20.0. The summed E-state index contributed by atoms with van der Waals surface area (Å²) in [5.41, 5.74) is -0.211. The first-order chi connectivity index (χ1) is 7.79. The Bertz CT molecular complexity index is 794. The van der Waals surface area contributed by atoms with Crippen molar-refractivity contribution in [1.29, 1.82) is 5.26 Å². The minimum Gasteiger partial charge on any atom is -0.312 e. The minimum absolute atomic E-state index is 0.135. The van der Waals surface area contributed by atoms with Crippen molar-refractivity contribution in [3.63, 3.8) is 0 Å². The van der Waals surface area contributed by atoms with Crippen LogP contribution >= 0.6 is 11.3 Å². The second-order valence-corrected chi connectivity index (χ2v) is 4.32. The molecule has 0 amide bonds. The predicted octanol–water partition coefficient (Wildman–Crippen LogP) is 2.01. The molecule has 0 saturated carbocycles. The molecule has 0 aliphatic rings. The first kappa shape index (κ1) is 9.07. The summed E-state index contributed by atoms with van der Waals surface area (Å²) < 4.78 is 0. The van der Waals surface area contributed by atoms with Crippen LogP contribution in [-0.4, -0.2) is 9.97 Å². The Kier molecular flexibility index (Phi) is 1.79. The summed E-state index contributed by atoms with van der Waals surface area (Å²) in [5, 5.41) is 10.7. The topological polar surface area (TPSA) is 69.5 Å². The standard InChI is InChI=1S/C11H5N3OS/c12-5-6-4-8-7-2-1-3-13-10(7)16-11(8)14-9(6)15/h1-4H,(H,14,15). The van der Waals surface area contributed by atoms with Crippen LogP contribution in [-0.2, 0) is 0 Å². The van der Waals surface area contributed by atoms with Crippen molar-refractivity contribution in [2.45, 2.75) is 0 Å². The second kappa shape index (κ2) is 3.15. The summed E-state index contributed by atoms with van der Waals surface area (Å²) in [5.74, 6) is 0. The van der Waals surface area contributed by atoms with Crippen molar-refractivity contribution in [2.75, 3.05) is 0 Å². The van der Waals surface area contributed by atoms with Crippen LogP contribution in [0.2, 0.25) is 0 Å². The van der Waals surface area contributed by atoms with E-state index in [1.807, 2.05) is 18.2 Å². The van der Waals surface area contributed by atoms with Gasteiger partial charge in [0.25, 0.3) is 5.56 Å². The average molecular weight is 227 g/mol. The van der Waals surface area contributed by atoms with Gasteiger partial charge in [0.15, 0.2) is 0 Å². The van der Waals surface area contributed by atoms with Crippen LogP contribution in [0, 0.1) is 11.3 Å². The largest absolute Gasteiger partial charge is 0.312 e. The number of hydrogen-bond donors (Lipinski definition) is 1. The Morgan fingerprint density at radius 3 is 3.12 bits per heavy atom. The van der Waals surface area contributed by atoms with E-state index in [9.17, 15) is 4.79 Å². The van der Waals surface area contributed by atoms with Crippen LogP contribution < -0.4 is 5.56 Å². The minimum atomic E-state index is -0.346. The number of rotatable bonds is 0. The molecule has 0 atom stereocenters. The lowest BCUT2D eigenvalue weighted by atomic mass is 10.2. The zero-order valence-corrected chi connectivity index (χ0v) is 8.84. The van der Waals surface area contributed by atoms with Gasteiger partial charge in [0, 0.05) is 17.0 Å². The van der Waals surface area contributed by atoms with Crippen molar-refractivity contribution in [2.24, 2.45) is 0 Å². The maximum atomic E-state index is 11.4. The third-order valence-electron chi connectivity index (χ3n) is 2.39. The average Bonchev–Trinajstić information content (AvgIpc) is 2.65. The highest BCUT2D eigenvalue weighted by molar-refractivity contribution is 7.25. The van der Waals surface area contributed by atoms with Gasteiger partial charge in [-0.1, -0.05) is 11.3 Å². The fraction of sp³-hybridized carbons (Fsp3) is 0. The normalized spacial score (nSPS) is 10.7. The second-order valence-electron chi connectivity index (χ2n) is 3.32. The molecule has 0 aliphatic carbocycles. The predicted molar refractivity (Wildman–Crippen MR) is 62.5 cm³/mol. The van der Waals surface area contributed by atoms with Crippen molar-refractivity contribution in [3.8, 4) is 6.07 Å². The van der Waals surface area contributed by atoms with Crippen LogP contribution in [0.25, 0.3) is 20.4 Å². The third-order valence-corrected chi connectivity index (χ3v) is 3.43. The monoisotopic (exact) mass is 227 g/mol. The van der Waals surface area contributed by atoms with Crippen LogP contribution in [0.1, 0.15) is 5.56 Å². The van der Waals surface area contributed by atoms with Crippen molar-refractivity contribution in [1.82, 2.24) is 9.97 Å². The molecule has 16 heavy (non-hydrogen) atoms. The lowest BCUT2D eigenvalue weighted by molar-refractivity contribution is 1.29. The van der Waals surface area contributed by atoms with Gasteiger partial charge in [-0.2, -0.15) is 5.26 Å². The Labute approximate surface area is 93.8 Å². The van der Waals surface area contributed by atoms with Crippen molar-refractivity contribution in [3.05, 3.63) is 40.3 Å². The number of thiophene rings is 1. The van der Waals surface area contributed by atoms with E-state index in [2.05, 4.69) is 9.97 Å². The van der Waals surface area contributed by atoms with Gasteiger partial charge in [0.2, 0.25) is 0 Å². The highest BCUT2D eigenvalue weighted by Gasteiger charge is 2.08. The summed E-state index contributed by atoms with van der Waals surface area (Å²) in [6, 6.07) is 7.27. The first-order valence-electron chi connectivity index (χ1n) is 4.60. The highest BCUT2D eigenvalue weighted by Crippen LogP contribution is 2.29. The number of hydrogen-bond acceptors (Lipinski definition) is 4. The number of H-pyrrole nitrogens is 1. The molecular weight excluding hydrogens is 222 g/mol. The van der Waals surface area contributed by atoms with Gasteiger partial charge in [-0.25, -0.2) is 4.98 Å². The molecule has 0 fully saturated rings. The SMILES string of the molecule is N#Cc1cc2c([nH]c1=O)sc1ncccc12. The van der Waals surface area contributed by atoms with Gasteiger partial charge in [-0.15, -0.1) is 0 Å². The van der Waals surface area contributed by atoms with Gasteiger partial charge < -0.3 is 4.98 Å². The third kappa shape index (κ3) is 1.14. The number of nitrogens with one attached hydrogen (secondary N) is 1. The number of fused-ring (bicyclic) bond motifs is 3. The first-order valence-corrected chi connectivity index (χ1v) is 5.42. The molecule has 3 rings (SSSR count). The van der Waals surface area contributed by atoms with E-state index in [1.54, 1.807) is 12.3 Å². The van der Waals surface area contributed by atoms with Crippen molar-refractivity contribution >= 4 is 31.8 Å². The van der Waals surface area contributed by atoms with Gasteiger partial charge in [0.05, 0.1) is 0 Å². The quantitative estimate of drug-likeness (QED) is 0.638. The Morgan fingerprint density at radius 2 is 2.31 bits per heavy atom. The van der Waals surface area contributed by atoms with Gasteiger partial charge in [-0.3, -0.25) is 4.79 Å². The Morgan fingerprint density at radius 1 is 1.44 bits per heavy atom. The number of nitrogens with zero attached hydrogens (tertiary/aromatic N) is 2. The molecule has 0 aromatic carbocycles. The molecule has 0 bridgehead atoms. The molecule has 1 N–H and O–H groups in total. The Hall–Kier alpha value is -2.19. The Balaban J connectivity index is 2.58. The maximum Gasteiger partial charge on any atom is 0.266 e.